The molecule has 2 fully saturated rings. The highest BCUT2D eigenvalue weighted by molar-refractivity contribution is 7.12. The number of carbonyl (C=O) groups excluding carboxylic acids is 1. The first kappa shape index (κ1) is 16.8. The normalized spacial score (nSPS) is 32.1. The average molecular weight is 342 g/mol. The highest BCUT2D eigenvalue weighted by Crippen LogP contribution is 2.26. The molecule has 8 heteroatoms. The molecule has 0 aromatic carbocycles. The van der Waals surface area contributed by atoms with Crippen molar-refractivity contribution in [3.63, 3.8) is 0 Å². The lowest BCUT2D eigenvalue weighted by Crippen LogP contribution is -2.54. The molecule has 0 spiro atoms. The van der Waals surface area contributed by atoms with Gasteiger partial charge >= 0.3 is 0 Å². The first-order valence-corrected chi connectivity index (χ1v) is 8.66. The zero-order valence-corrected chi connectivity index (χ0v) is 13.6. The van der Waals surface area contributed by atoms with E-state index in [-0.39, 0.29) is 24.7 Å². The molecule has 23 heavy (non-hydrogen) atoms. The molecule has 7 nitrogen and oxygen atoms in total. The third-order valence-electron chi connectivity index (χ3n) is 4.32. The fraction of sp³-hybridized carbons (Fsp3) is 0.667. The summed E-state index contributed by atoms with van der Waals surface area (Å²) in [5, 5.41) is 24.5. The van der Waals surface area contributed by atoms with Crippen LogP contribution in [0.5, 0.6) is 0 Å². The zero-order valence-electron chi connectivity index (χ0n) is 12.8. The molecule has 3 rings (SSSR count). The van der Waals surface area contributed by atoms with Crippen LogP contribution in [0.3, 0.4) is 0 Å². The van der Waals surface area contributed by atoms with Crippen LogP contribution in [0.1, 0.15) is 9.67 Å². The Hall–Kier alpha value is -1.03. The number of aliphatic hydroxyl groups excluding tert-OH is 2. The maximum absolute atomic E-state index is 12.1. The third-order valence-corrected chi connectivity index (χ3v) is 5.19. The standard InChI is InChI=1S/C15H22N2O5S/c18-9-11-14(19)13(17-3-5-21-6-4-17)10(22-11)8-16-15(20)12-2-1-7-23-12/h1-2,7,10-11,13-14,18-19H,3-6,8-9H2,(H,16,20)/t10-,11+,13+,14-/m1/s1. The van der Waals surface area contributed by atoms with Gasteiger partial charge in [0, 0.05) is 19.6 Å². The Balaban J connectivity index is 1.64. The number of hydrogen-bond acceptors (Lipinski definition) is 7. The van der Waals surface area contributed by atoms with Crippen molar-refractivity contribution in [3.05, 3.63) is 22.4 Å². The molecule has 3 N–H and O–H groups in total. The largest absolute Gasteiger partial charge is 0.394 e. The molecule has 128 valence electrons. The van der Waals surface area contributed by atoms with Gasteiger partial charge in [-0.1, -0.05) is 6.07 Å². The molecule has 2 saturated heterocycles. The van der Waals surface area contributed by atoms with Crippen LogP contribution in [0.4, 0.5) is 0 Å². The number of nitrogens with zero attached hydrogens (tertiary/aromatic N) is 1. The summed E-state index contributed by atoms with van der Waals surface area (Å²) < 4.78 is 11.1. The summed E-state index contributed by atoms with van der Waals surface area (Å²) in [4.78, 5) is 14.8. The topological polar surface area (TPSA) is 91.3 Å². The van der Waals surface area contributed by atoms with E-state index in [1.165, 1.54) is 11.3 Å². The van der Waals surface area contributed by atoms with Crippen molar-refractivity contribution in [2.45, 2.75) is 24.4 Å². The van der Waals surface area contributed by atoms with Crippen LogP contribution in [0.25, 0.3) is 0 Å². The lowest BCUT2D eigenvalue weighted by molar-refractivity contribution is -0.0220. The number of ether oxygens (including phenoxy) is 2. The highest BCUT2D eigenvalue weighted by Gasteiger charge is 2.46. The summed E-state index contributed by atoms with van der Waals surface area (Å²) in [6.45, 7) is 2.70. The first-order valence-electron chi connectivity index (χ1n) is 7.78. The molecule has 3 heterocycles. The van der Waals surface area contributed by atoms with E-state index in [1.54, 1.807) is 6.07 Å². The van der Waals surface area contributed by atoms with Crippen molar-refractivity contribution in [3.8, 4) is 0 Å². The zero-order chi connectivity index (χ0) is 16.2. The number of carbonyl (C=O) groups is 1. The molecule has 1 amide bonds. The molecule has 0 radical (unpaired) electrons. The Bertz CT molecular complexity index is 506. The molecule has 2 aliphatic rings. The second-order valence-electron chi connectivity index (χ2n) is 5.71. The molecule has 1 aromatic rings. The summed E-state index contributed by atoms with van der Waals surface area (Å²) in [5.41, 5.74) is 0. The Morgan fingerprint density at radius 1 is 1.39 bits per heavy atom. The molecule has 0 unspecified atom stereocenters. The second-order valence-corrected chi connectivity index (χ2v) is 6.66. The molecule has 4 atom stereocenters. The minimum absolute atomic E-state index is 0.147. The van der Waals surface area contributed by atoms with Gasteiger partial charge in [-0.2, -0.15) is 0 Å². The van der Waals surface area contributed by atoms with Crippen molar-refractivity contribution >= 4 is 17.2 Å². The predicted octanol–water partition coefficient (Wildman–Crippen LogP) is -0.701. The summed E-state index contributed by atoms with van der Waals surface area (Å²) in [6.07, 6.45) is -1.75. The molecule has 0 bridgehead atoms. The van der Waals surface area contributed by atoms with Crippen molar-refractivity contribution in [2.24, 2.45) is 0 Å². The quantitative estimate of drug-likeness (QED) is 0.655. The fourth-order valence-corrected chi connectivity index (χ4v) is 3.80. The lowest BCUT2D eigenvalue weighted by atomic mass is 10.0. The van der Waals surface area contributed by atoms with Crippen LogP contribution in [0.15, 0.2) is 17.5 Å². The predicted molar refractivity (Wildman–Crippen MR) is 84.6 cm³/mol. The van der Waals surface area contributed by atoms with E-state index in [9.17, 15) is 15.0 Å². The smallest absolute Gasteiger partial charge is 0.261 e. The SMILES string of the molecule is O=C(NC[C@H]1O[C@@H](CO)[C@@H](O)[C@H]1N1CCOCC1)c1cccs1. The van der Waals surface area contributed by atoms with Gasteiger partial charge in [0.05, 0.1) is 36.8 Å². The minimum Gasteiger partial charge on any atom is -0.394 e. The fourth-order valence-electron chi connectivity index (χ4n) is 3.16. The maximum atomic E-state index is 12.1. The molecule has 0 aliphatic carbocycles. The van der Waals surface area contributed by atoms with Gasteiger partial charge in [0.2, 0.25) is 0 Å². The number of rotatable bonds is 5. The summed E-state index contributed by atoms with van der Waals surface area (Å²) in [5.74, 6) is -0.147. The summed E-state index contributed by atoms with van der Waals surface area (Å²) in [7, 11) is 0. The van der Waals surface area contributed by atoms with E-state index < -0.39 is 12.2 Å². The summed E-state index contributed by atoms with van der Waals surface area (Å²) >= 11 is 1.38. The number of aliphatic hydroxyl groups is 2. The molecule has 2 aliphatic heterocycles. The van der Waals surface area contributed by atoms with E-state index in [1.807, 2.05) is 11.4 Å². The van der Waals surface area contributed by atoms with Crippen LogP contribution in [-0.2, 0) is 9.47 Å². The number of thiophene rings is 1. The van der Waals surface area contributed by atoms with E-state index >= 15 is 0 Å². The maximum Gasteiger partial charge on any atom is 0.261 e. The molecule has 1 aromatic heterocycles. The van der Waals surface area contributed by atoms with Gasteiger partial charge < -0.3 is 25.0 Å². The number of hydrogen-bond donors (Lipinski definition) is 3. The van der Waals surface area contributed by atoms with Gasteiger partial charge in [-0.15, -0.1) is 11.3 Å². The Labute approximate surface area is 138 Å². The first-order chi connectivity index (χ1) is 11.2. The van der Waals surface area contributed by atoms with Gasteiger partial charge in [-0.05, 0) is 11.4 Å². The molecular formula is C15H22N2O5S. The molecule has 0 saturated carbocycles. The van der Waals surface area contributed by atoms with Gasteiger partial charge in [0.1, 0.15) is 12.2 Å². The van der Waals surface area contributed by atoms with E-state index in [4.69, 9.17) is 9.47 Å². The van der Waals surface area contributed by atoms with E-state index in [2.05, 4.69) is 10.2 Å². The van der Waals surface area contributed by atoms with Crippen molar-refractivity contribution in [1.29, 1.82) is 0 Å². The lowest BCUT2D eigenvalue weighted by Gasteiger charge is -2.36. The Morgan fingerprint density at radius 2 is 2.17 bits per heavy atom. The highest BCUT2D eigenvalue weighted by atomic mass is 32.1. The second kappa shape index (κ2) is 7.69. The number of amides is 1. The van der Waals surface area contributed by atoms with Crippen LogP contribution >= 0.6 is 11.3 Å². The summed E-state index contributed by atoms with van der Waals surface area (Å²) in [6, 6.07) is 3.34. The van der Waals surface area contributed by atoms with E-state index in [0.717, 1.165) is 0 Å². The van der Waals surface area contributed by atoms with E-state index in [0.29, 0.717) is 37.7 Å². The van der Waals surface area contributed by atoms with Gasteiger partial charge in [-0.25, -0.2) is 0 Å². The van der Waals surface area contributed by atoms with Crippen LogP contribution in [0.2, 0.25) is 0 Å². The number of morpholine rings is 1. The van der Waals surface area contributed by atoms with Crippen LogP contribution in [-0.4, -0.2) is 84.8 Å². The van der Waals surface area contributed by atoms with Crippen molar-refractivity contribution < 1.29 is 24.5 Å². The van der Waals surface area contributed by atoms with Gasteiger partial charge in [0.25, 0.3) is 5.91 Å². The van der Waals surface area contributed by atoms with Crippen molar-refractivity contribution in [2.75, 3.05) is 39.5 Å². The Kier molecular flexibility index (Phi) is 5.62. The minimum atomic E-state index is -0.776. The van der Waals surface area contributed by atoms with Crippen molar-refractivity contribution in [1.82, 2.24) is 10.2 Å². The monoisotopic (exact) mass is 342 g/mol. The Morgan fingerprint density at radius 3 is 2.83 bits per heavy atom. The third kappa shape index (κ3) is 3.73. The van der Waals surface area contributed by atoms with Crippen LogP contribution in [0, 0.1) is 0 Å². The van der Waals surface area contributed by atoms with Gasteiger partial charge in [0.15, 0.2) is 0 Å². The van der Waals surface area contributed by atoms with Crippen LogP contribution < -0.4 is 5.32 Å². The number of nitrogens with one attached hydrogen (secondary N) is 1. The molecular weight excluding hydrogens is 320 g/mol. The average Bonchev–Trinajstić information content (AvgIpc) is 3.21. The van der Waals surface area contributed by atoms with Gasteiger partial charge in [-0.3, -0.25) is 9.69 Å².